The van der Waals surface area contributed by atoms with E-state index in [1.165, 1.54) is 22.3 Å². The zero-order valence-electron chi connectivity index (χ0n) is 15.7. The molecule has 0 aliphatic carbocycles. The Morgan fingerprint density at radius 2 is 1.69 bits per heavy atom. The highest BCUT2D eigenvalue weighted by Crippen LogP contribution is 2.34. The molecule has 0 N–H and O–H groups in total. The van der Waals surface area contributed by atoms with Crippen LogP contribution in [-0.4, -0.2) is 16.5 Å². The standard InChI is InChI=1S/C23H25N3/c1-16-17(2)24-22(15-19-9-5-4-6-10-19)25-23(16)26-14-13-20-11-7-8-12-21(20)18(26)3/h4-12,18H,13-15H2,1-3H3. The molecule has 1 aliphatic rings. The van der Waals surface area contributed by atoms with E-state index in [0.29, 0.717) is 6.04 Å². The third-order valence-electron chi connectivity index (χ3n) is 5.48. The highest BCUT2D eigenvalue weighted by molar-refractivity contribution is 5.53. The van der Waals surface area contributed by atoms with E-state index in [9.17, 15) is 0 Å². The smallest absolute Gasteiger partial charge is 0.136 e. The lowest BCUT2D eigenvalue weighted by atomic mass is 9.93. The molecule has 0 saturated carbocycles. The Morgan fingerprint density at radius 3 is 2.50 bits per heavy atom. The van der Waals surface area contributed by atoms with Gasteiger partial charge in [0.1, 0.15) is 11.6 Å². The fourth-order valence-corrected chi connectivity index (χ4v) is 3.87. The fraction of sp³-hybridized carbons (Fsp3) is 0.304. The summed E-state index contributed by atoms with van der Waals surface area (Å²) in [5, 5.41) is 0. The first-order chi connectivity index (χ1) is 12.6. The van der Waals surface area contributed by atoms with Crippen molar-refractivity contribution in [2.45, 2.75) is 39.7 Å². The number of hydrogen-bond acceptors (Lipinski definition) is 3. The minimum absolute atomic E-state index is 0.331. The zero-order valence-corrected chi connectivity index (χ0v) is 15.7. The van der Waals surface area contributed by atoms with Gasteiger partial charge in [0.15, 0.2) is 0 Å². The molecule has 0 bridgehead atoms. The average molecular weight is 343 g/mol. The summed E-state index contributed by atoms with van der Waals surface area (Å²) in [6.45, 7) is 7.52. The van der Waals surface area contributed by atoms with Crippen LogP contribution in [0.25, 0.3) is 0 Å². The highest BCUT2D eigenvalue weighted by atomic mass is 15.2. The average Bonchev–Trinajstić information content (AvgIpc) is 2.66. The summed E-state index contributed by atoms with van der Waals surface area (Å²) >= 11 is 0. The van der Waals surface area contributed by atoms with Crippen LogP contribution in [0.15, 0.2) is 54.6 Å². The van der Waals surface area contributed by atoms with Crippen LogP contribution >= 0.6 is 0 Å². The van der Waals surface area contributed by atoms with Gasteiger partial charge in [-0.15, -0.1) is 0 Å². The van der Waals surface area contributed by atoms with Crippen LogP contribution < -0.4 is 4.90 Å². The molecule has 0 saturated heterocycles. The molecule has 1 aromatic heterocycles. The van der Waals surface area contributed by atoms with Crippen LogP contribution in [0.3, 0.4) is 0 Å². The Bertz CT molecular complexity index is 918. The summed E-state index contributed by atoms with van der Waals surface area (Å²) in [4.78, 5) is 12.2. The molecule has 0 radical (unpaired) electrons. The molecule has 1 aliphatic heterocycles. The maximum absolute atomic E-state index is 4.99. The molecule has 3 heteroatoms. The summed E-state index contributed by atoms with van der Waals surface area (Å²) in [6.07, 6.45) is 1.84. The third kappa shape index (κ3) is 3.10. The van der Waals surface area contributed by atoms with E-state index in [4.69, 9.17) is 9.97 Å². The normalized spacial score (nSPS) is 16.4. The first-order valence-corrected chi connectivity index (χ1v) is 9.36. The van der Waals surface area contributed by atoms with Gasteiger partial charge >= 0.3 is 0 Å². The van der Waals surface area contributed by atoms with Crippen molar-refractivity contribution < 1.29 is 0 Å². The minimum atomic E-state index is 0.331. The van der Waals surface area contributed by atoms with Crippen molar-refractivity contribution in [3.63, 3.8) is 0 Å². The van der Waals surface area contributed by atoms with Crippen molar-refractivity contribution in [3.8, 4) is 0 Å². The van der Waals surface area contributed by atoms with Gasteiger partial charge in [-0.1, -0.05) is 54.6 Å². The summed E-state index contributed by atoms with van der Waals surface area (Å²) in [7, 11) is 0. The van der Waals surface area contributed by atoms with Gasteiger partial charge in [0.05, 0.1) is 6.04 Å². The van der Waals surface area contributed by atoms with Crippen molar-refractivity contribution in [1.82, 2.24) is 9.97 Å². The van der Waals surface area contributed by atoms with Gasteiger partial charge < -0.3 is 4.90 Å². The number of rotatable bonds is 3. The summed E-state index contributed by atoms with van der Waals surface area (Å²) in [6, 6.07) is 19.6. The van der Waals surface area contributed by atoms with Crippen LogP contribution in [-0.2, 0) is 12.8 Å². The Balaban J connectivity index is 1.70. The van der Waals surface area contributed by atoms with E-state index in [1.807, 2.05) is 6.07 Å². The second kappa shape index (κ2) is 6.91. The van der Waals surface area contributed by atoms with Gasteiger partial charge in [-0.25, -0.2) is 9.97 Å². The Morgan fingerprint density at radius 1 is 0.962 bits per heavy atom. The Kier molecular flexibility index (Phi) is 4.46. The van der Waals surface area contributed by atoms with Crippen molar-refractivity contribution >= 4 is 5.82 Å². The maximum atomic E-state index is 4.99. The van der Waals surface area contributed by atoms with Gasteiger partial charge in [-0.2, -0.15) is 0 Å². The van der Waals surface area contributed by atoms with Gasteiger partial charge in [-0.05, 0) is 43.9 Å². The number of hydrogen-bond donors (Lipinski definition) is 0. The van der Waals surface area contributed by atoms with Gasteiger partial charge in [0.25, 0.3) is 0 Å². The lowest BCUT2D eigenvalue weighted by molar-refractivity contribution is 0.612. The molecular formula is C23H25N3. The van der Waals surface area contributed by atoms with E-state index >= 15 is 0 Å². The molecule has 2 aromatic carbocycles. The van der Waals surface area contributed by atoms with Crippen LogP contribution in [0.1, 0.15) is 46.7 Å². The molecule has 1 atom stereocenters. The zero-order chi connectivity index (χ0) is 18.1. The summed E-state index contributed by atoms with van der Waals surface area (Å²) < 4.78 is 0. The van der Waals surface area contributed by atoms with E-state index in [2.05, 4.69) is 74.2 Å². The number of aromatic nitrogens is 2. The predicted octanol–water partition coefficient (Wildman–Crippen LogP) is 4.81. The lowest BCUT2D eigenvalue weighted by Crippen LogP contribution is -2.35. The quantitative estimate of drug-likeness (QED) is 0.683. The van der Waals surface area contributed by atoms with Gasteiger partial charge in [0.2, 0.25) is 0 Å². The van der Waals surface area contributed by atoms with Gasteiger partial charge in [-0.3, -0.25) is 0 Å². The summed E-state index contributed by atoms with van der Waals surface area (Å²) in [5.74, 6) is 1.99. The number of fused-ring (bicyclic) bond motifs is 1. The largest absolute Gasteiger partial charge is 0.349 e. The van der Waals surface area contributed by atoms with E-state index < -0.39 is 0 Å². The number of aryl methyl sites for hydroxylation is 1. The van der Waals surface area contributed by atoms with E-state index in [-0.39, 0.29) is 0 Å². The molecule has 3 nitrogen and oxygen atoms in total. The first-order valence-electron chi connectivity index (χ1n) is 9.36. The third-order valence-corrected chi connectivity index (χ3v) is 5.48. The number of anilines is 1. The van der Waals surface area contributed by atoms with Crippen molar-refractivity contribution in [2.24, 2.45) is 0 Å². The van der Waals surface area contributed by atoms with Crippen LogP contribution in [0.2, 0.25) is 0 Å². The molecule has 0 fully saturated rings. The second-order valence-electron chi connectivity index (χ2n) is 7.15. The molecular weight excluding hydrogens is 318 g/mol. The van der Waals surface area contributed by atoms with Crippen molar-refractivity contribution in [3.05, 3.63) is 88.4 Å². The van der Waals surface area contributed by atoms with Gasteiger partial charge in [0, 0.05) is 24.2 Å². The molecule has 132 valence electrons. The molecule has 0 amide bonds. The van der Waals surface area contributed by atoms with Crippen LogP contribution in [0, 0.1) is 13.8 Å². The molecule has 1 unspecified atom stereocenters. The van der Waals surface area contributed by atoms with E-state index in [0.717, 1.165) is 36.7 Å². The molecule has 3 aromatic rings. The Labute approximate surface area is 155 Å². The van der Waals surface area contributed by atoms with Crippen LogP contribution in [0.5, 0.6) is 0 Å². The van der Waals surface area contributed by atoms with E-state index in [1.54, 1.807) is 0 Å². The predicted molar refractivity (Wildman–Crippen MR) is 107 cm³/mol. The topological polar surface area (TPSA) is 29.0 Å². The Hall–Kier alpha value is -2.68. The number of nitrogens with zero attached hydrogens (tertiary/aromatic N) is 3. The fourth-order valence-electron chi connectivity index (χ4n) is 3.87. The first kappa shape index (κ1) is 16.8. The summed E-state index contributed by atoms with van der Waals surface area (Å²) in [5.41, 5.74) is 6.39. The monoisotopic (exact) mass is 343 g/mol. The minimum Gasteiger partial charge on any atom is -0.349 e. The molecule has 26 heavy (non-hydrogen) atoms. The molecule has 2 heterocycles. The lowest BCUT2D eigenvalue weighted by Gasteiger charge is -2.37. The van der Waals surface area contributed by atoms with Crippen molar-refractivity contribution in [1.29, 1.82) is 0 Å². The van der Waals surface area contributed by atoms with Crippen molar-refractivity contribution in [2.75, 3.05) is 11.4 Å². The highest BCUT2D eigenvalue weighted by Gasteiger charge is 2.26. The molecule has 4 rings (SSSR count). The number of benzene rings is 2. The van der Waals surface area contributed by atoms with Crippen LogP contribution in [0.4, 0.5) is 5.82 Å². The SMILES string of the molecule is Cc1nc(Cc2ccccc2)nc(N2CCc3ccccc3C2C)c1C. The molecule has 0 spiro atoms. The maximum Gasteiger partial charge on any atom is 0.136 e. The second-order valence-corrected chi connectivity index (χ2v) is 7.15.